The minimum Gasteiger partial charge on any atom is -0.326 e. The normalized spacial score (nSPS) is 11.3. The van der Waals surface area contributed by atoms with E-state index in [2.05, 4.69) is 0 Å². The summed E-state index contributed by atoms with van der Waals surface area (Å²) in [6, 6.07) is 12.1. The number of hydrogen-bond acceptors (Lipinski definition) is 2. The van der Waals surface area contributed by atoms with Crippen molar-refractivity contribution in [1.29, 1.82) is 0 Å². The molecule has 0 fully saturated rings. The summed E-state index contributed by atoms with van der Waals surface area (Å²) in [5, 5.41) is -0.252. The number of Topliss-reactive ketones (excluding diaryl/α,β-unsaturated/α-hetero) is 1. The first kappa shape index (κ1) is 20.4. The lowest BCUT2D eigenvalue weighted by atomic mass is 9.91. The van der Waals surface area contributed by atoms with Gasteiger partial charge in [0.2, 0.25) is 5.91 Å². The molecule has 0 radical (unpaired) electrons. The molecule has 0 aromatic heterocycles. The van der Waals surface area contributed by atoms with Crippen molar-refractivity contribution in [3.63, 3.8) is 0 Å². The summed E-state index contributed by atoms with van der Waals surface area (Å²) >= 11 is 11.8. The molecular weight excluding hydrogens is 376 g/mol. The van der Waals surface area contributed by atoms with Crippen LogP contribution in [0.4, 0.5) is 4.39 Å². The first-order chi connectivity index (χ1) is 12.1. The van der Waals surface area contributed by atoms with E-state index < -0.39 is 11.4 Å². The molecule has 0 saturated heterocycles. The molecule has 2 rings (SSSR count). The Labute approximate surface area is 162 Å². The topological polar surface area (TPSA) is 37.4 Å². The van der Waals surface area contributed by atoms with Crippen LogP contribution in [0, 0.1) is 5.82 Å². The molecule has 0 bridgehead atoms. The van der Waals surface area contributed by atoms with Crippen molar-refractivity contribution >= 4 is 34.9 Å². The Morgan fingerprint density at radius 3 is 2.12 bits per heavy atom. The number of carbonyl (C=O) groups is 2. The van der Waals surface area contributed by atoms with E-state index in [0.29, 0.717) is 5.56 Å². The maximum absolute atomic E-state index is 13.8. The lowest BCUT2D eigenvalue weighted by Gasteiger charge is -2.39. The largest absolute Gasteiger partial charge is 0.326 e. The summed E-state index contributed by atoms with van der Waals surface area (Å²) in [4.78, 5) is 26.2. The van der Waals surface area contributed by atoms with E-state index in [1.54, 1.807) is 13.8 Å². The monoisotopic (exact) mass is 395 g/mol. The smallest absolute Gasteiger partial charge is 0.228 e. The van der Waals surface area contributed by atoms with E-state index in [-0.39, 0.29) is 34.7 Å². The van der Waals surface area contributed by atoms with E-state index in [1.807, 2.05) is 30.3 Å². The third-order valence-electron chi connectivity index (χ3n) is 4.25. The Morgan fingerprint density at radius 2 is 1.62 bits per heavy atom. The van der Waals surface area contributed by atoms with E-state index in [4.69, 9.17) is 23.2 Å². The van der Waals surface area contributed by atoms with Crippen LogP contribution in [-0.2, 0) is 21.5 Å². The van der Waals surface area contributed by atoms with Crippen LogP contribution in [0.15, 0.2) is 42.5 Å². The number of amides is 1. The zero-order valence-corrected chi connectivity index (χ0v) is 16.4. The Hall–Kier alpha value is -1.91. The van der Waals surface area contributed by atoms with Crippen LogP contribution in [0.25, 0.3) is 0 Å². The molecule has 2 aromatic carbocycles. The van der Waals surface area contributed by atoms with Gasteiger partial charge in [0, 0.05) is 0 Å². The highest BCUT2D eigenvalue weighted by Crippen LogP contribution is 2.34. The van der Waals surface area contributed by atoms with Gasteiger partial charge in [-0.2, -0.15) is 0 Å². The Bertz CT molecular complexity index is 799. The maximum Gasteiger partial charge on any atom is 0.228 e. The molecule has 0 aliphatic heterocycles. The number of rotatable bonds is 6. The first-order valence-electron chi connectivity index (χ1n) is 8.11. The summed E-state index contributed by atoms with van der Waals surface area (Å²) in [6.07, 6.45) is 0.153. The Morgan fingerprint density at radius 1 is 1.08 bits per heavy atom. The van der Waals surface area contributed by atoms with Gasteiger partial charge in [-0.3, -0.25) is 9.59 Å². The van der Waals surface area contributed by atoms with Gasteiger partial charge in [0.25, 0.3) is 0 Å². The van der Waals surface area contributed by atoms with Crippen LogP contribution >= 0.6 is 23.2 Å². The van der Waals surface area contributed by atoms with Crippen LogP contribution in [0.1, 0.15) is 31.9 Å². The van der Waals surface area contributed by atoms with E-state index in [0.717, 1.165) is 5.56 Å². The van der Waals surface area contributed by atoms with Crippen LogP contribution < -0.4 is 0 Å². The number of ketones is 1. The summed E-state index contributed by atoms with van der Waals surface area (Å²) < 4.78 is 13.8. The van der Waals surface area contributed by atoms with E-state index in [9.17, 15) is 14.0 Å². The molecule has 3 nitrogen and oxygen atoms in total. The maximum atomic E-state index is 13.8. The van der Waals surface area contributed by atoms with Crippen molar-refractivity contribution in [2.24, 2.45) is 0 Å². The predicted octanol–water partition coefficient (Wildman–Crippen LogP) is 5.03. The molecule has 26 heavy (non-hydrogen) atoms. The number of benzene rings is 2. The van der Waals surface area contributed by atoms with Crippen LogP contribution in [0.3, 0.4) is 0 Å². The van der Waals surface area contributed by atoms with Gasteiger partial charge >= 0.3 is 0 Å². The molecule has 0 aliphatic rings. The summed E-state index contributed by atoms with van der Waals surface area (Å²) in [5.41, 5.74) is 0.493. The van der Waals surface area contributed by atoms with Crippen molar-refractivity contribution in [3.8, 4) is 0 Å². The molecule has 138 valence electrons. The number of nitrogens with zero attached hydrogens (tertiary/aromatic N) is 1. The van der Waals surface area contributed by atoms with Crippen molar-refractivity contribution in [1.82, 2.24) is 4.90 Å². The molecule has 0 atom stereocenters. The van der Waals surface area contributed by atoms with Gasteiger partial charge in [-0.15, -0.1) is 0 Å². The molecule has 6 heteroatoms. The molecule has 0 aliphatic carbocycles. The Kier molecular flexibility index (Phi) is 6.43. The molecule has 0 saturated carbocycles. The van der Waals surface area contributed by atoms with Gasteiger partial charge in [0.1, 0.15) is 5.78 Å². The average Bonchev–Trinajstić information content (AvgIpc) is 2.57. The molecule has 1 amide bonds. The average molecular weight is 396 g/mol. The minimum absolute atomic E-state index is 0.0642. The highest BCUT2D eigenvalue weighted by atomic mass is 35.5. The molecular formula is C20H20Cl2FNO2. The van der Waals surface area contributed by atoms with Gasteiger partial charge in [0.05, 0.1) is 28.5 Å². The van der Waals surface area contributed by atoms with Gasteiger partial charge < -0.3 is 4.90 Å². The molecule has 0 heterocycles. The van der Waals surface area contributed by atoms with Crippen molar-refractivity contribution in [3.05, 3.63) is 69.5 Å². The van der Waals surface area contributed by atoms with Gasteiger partial charge in [-0.1, -0.05) is 53.5 Å². The lowest BCUT2D eigenvalue weighted by molar-refractivity contribution is -0.140. The van der Waals surface area contributed by atoms with Crippen molar-refractivity contribution < 1.29 is 14.0 Å². The third kappa shape index (κ3) is 4.63. The molecule has 0 spiro atoms. The van der Waals surface area contributed by atoms with Crippen LogP contribution in [0.2, 0.25) is 10.0 Å². The zero-order valence-electron chi connectivity index (χ0n) is 14.9. The fourth-order valence-corrected chi connectivity index (χ4v) is 3.24. The highest BCUT2D eigenvalue weighted by molar-refractivity contribution is 6.35. The fourth-order valence-electron chi connectivity index (χ4n) is 2.75. The lowest BCUT2D eigenvalue weighted by Crippen LogP contribution is -2.48. The van der Waals surface area contributed by atoms with Crippen LogP contribution in [-0.4, -0.2) is 23.1 Å². The zero-order chi connectivity index (χ0) is 19.5. The van der Waals surface area contributed by atoms with Crippen molar-refractivity contribution in [2.75, 3.05) is 6.54 Å². The Balaban J connectivity index is 2.41. The SMILES string of the molecule is CC(=O)CN(C(=O)Cc1ccccc1)C(C)(C)c1cc(Cl)c(F)c(Cl)c1. The second kappa shape index (κ2) is 8.19. The number of halogens is 3. The molecule has 0 unspecified atom stereocenters. The van der Waals surface area contributed by atoms with Gasteiger partial charge in [0.15, 0.2) is 5.82 Å². The second-order valence-corrected chi connectivity index (χ2v) is 7.47. The summed E-state index contributed by atoms with van der Waals surface area (Å²) in [6.45, 7) is 4.91. The first-order valence-corrected chi connectivity index (χ1v) is 8.87. The van der Waals surface area contributed by atoms with Gasteiger partial charge in [-0.05, 0) is 44.0 Å². The van der Waals surface area contributed by atoms with Crippen molar-refractivity contribution in [2.45, 2.75) is 32.7 Å². The quantitative estimate of drug-likeness (QED) is 0.643. The second-order valence-electron chi connectivity index (χ2n) is 6.66. The van der Waals surface area contributed by atoms with E-state index in [1.165, 1.54) is 24.0 Å². The molecule has 0 N–H and O–H groups in total. The van der Waals surface area contributed by atoms with Crippen LogP contribution in [0.5, 0.6) is 0 Å². The number of hydrogen-bond donors (Lipinski definition) is 0. The highest BCUT2D eigenvalue weighted by Gasteiger charge is 2.34. The summed E-state index contributed by atoms with van der Waals surface area (Å²) in [5.74, 6) is -1.08. The summed E-state index contributed by atoms with van der Waals surface area (Å²) in [7, 11) is 0. The van der Waals surface area contributed by atoms with Gasteiger partial charge in [-0.25, -0.2) is 4.39 Å². The predicted molar refractivity (Wildman–Crippen MR) is 102 cm³/mol. The third-order valence-corrected chi connectivity index (χ3v) is 4.80. The number of carbonyl (C=O) groups excluding carboxylic acids is 2. The fraction of sp³-hybridized carbons (Fsp3) is 0.300. The minimum atomic E-state index is -0.904. The standard InChI is InChI=1S/C20H20Cl2FNO2/c1-13(25)12-24(18(26)9-14-7-5-4-6-8-14)20(2,3)15-10-16(21)19(23)17(22)11-15/h4-8,10-11H,9,12H2,1-3H3. The van der Waals surface area contributed by atoms with E-state index >= 15 is 0 Å². The molecule has 2 aromatic rings.